The van der Waals surface area contributed by atoms with Crippen molar-refractivity contribution in [1.29, 1.82) is 0 Å². The third-order valence-electron chi connectivity index (χ3n) is 4.74. The molecule has 1 saturated carbocycles. The van der Waals surface area contributed by atoms with Crippen molar-refractivity contribution in [2.24, 2.45) is 0 Å². The van der Waals surface area contributed by atoms with Crippen molar-refractivity contribution in [2.45, 2.75) is 37.7 Å². The van der Waals surface area contributed by atoms with Gasteiger partial charge < -0.3 is 4.74 Å². The van der Waals surface area contributed by atoms with Gasteiger partial charge in [-0.05, 0) is 36.1 Å². The summed E-state index contributed by atoms with van der Waals surface area (Å²) >= 11 is 0. The van der Waals surface area contributed by atoms with Gasteiger partial charge in [0.05, 0.1) is 10.3 Å². The van der Waals surface area contributed by atoms with E-state index in [1.807, 2.05) is 0 Å². The number of rotatable bonds is 5. The van der Waals surface area contributed by atoms with Gasteiger partial charge in [0, 0.05) is 12.1 Å². The third-order valence-corrected chi connectivity index (χ3v) is 4.74. The van der Waals surface area contributed by atoms with Crippen LogP contribution in [0.1, 0.15) is 36.8 Å². The van der Waals surface area contributed by atoms with Crippen molar-refractivity contribution in [3.63, 3.8) is 0 Å². The Hall–Kier alpha value is -2.76. The number of hydrogen-bond acceptors (Lipinski definition) is 4. The molecule has 0 bridgehead atoms. The molecular weight excluding hydrogens is 325 g/mol. The monoisotopic (exact) mass is 343 g/mol. The number of carbonyl (C=O) groups is 1. The molecule has 0 aliphatic heterocycles. The van der Waals surface area contributed by atoms with Crippen molar-refractivity contribution >= 4 is 11.7 Å². The summed E-state index contributed by atoms with van der Waals surface area (Å²) in [4.78, 5) is 23.1. The number of carbonyl (C=O) groups excluding carboxylic acids is 1. The summed E-state index contributed by atoms with van der Waals surface area (Å²) in [5.74, 6) is -0.704. The van der Waals surface area contributed by atoms with Crippen LogP contribution in [-0.4, -0.2) is 10.9 Å². The SMILES string of the molecule is O=C(OCc1cccc([N+](=O)[O-])c1)C1(c2ccc(F)cc2)CCCC1. The lowest BCUT2D eigenvalue weighted by Crippen LogP contribution is -2.34. The molecular formula is C19H18FNO4. The van der Waals surface area contributed by atoms with Crippen LogP contribution in [0.4, 0.5) is 10.1 Å². The van der Waals surface area contributed by atoms with Gasteiger partial charge >= 0.3 is 5.97 Å². The van der Waals surface area contributed by atoms with Crippen LogP contribution in [-0.2, 0) is 21.6 Å². The van der Waals surface area contributed by atoms with Gasteiger partial charge in [-0.15, -0.1) is 0 Å². The van der Waals surface area contributed by atoms with E-state index in [0.717, 1.165) is 18.4 Å². The van der Waals surface area contributed by atoms with Gasteiger partial charge in [-0.25, -0.2) is 4.39 Å². The second kappa shape index (κ2) is 7.01. The van der Waals surface area contributed by atoms with Crippen LogP contribution in [0.2, 0.25) is 0 Å². The van der Waals surface area contributed by atoms with Gasteiger partial charge in [0.25, 0.3) is 5.69 Å². The number of esters is 1. The Bertz CT molecular complexity index is 782. The predicted octanol–water partition coefficient (Wildman–Crippen LogP) is 4.29. The maximum absolute atomic E-state index is 13.2. The van der Waals surface area contributed by atoms with E-state index >= 15 is 0 Å². The molecule has 0 amide bonds. The Morgan fingerprint density at radius 2 is 1.84 bits per heavy atom. The molecule has 2 aromatic carbocycles. The van der Waals surface area contributed by atoms with Gasteiger partial charge in [0.2, 0.25) is 0 Å². The molecule has 0 heterocycles. The second-order valence-electron chi connectivity index (χ2n) is 6.30. The summed E-state index contributed by atoms with van der Waals surface area (Å²) in [6, 6.07) is 12.0. The second-order valence-corrected chi connectivity index (χ2v) is 6.30. The zero-order valence-electron chi connectivity index (χ0n) is 13.6. The fourth-order valence-electron chi connectivity index (χ4n) is 3.40. The number of nitrogens with zero attached hydrogens (tertiary/aromatic N) is 1. The van der Waals surface area contributed by atoms with Crippen molar-refractivity contribution in [3.8, 4) is 0 Å². The Kier molecular flexibility index (Phi) is 4.79. The molecule has 0 unspecified atom stereocenters. The van der Waals surface area contributed by atoms with E-state index in [0.29, 0.717) is 18.4 Å². The highest BCUT2D eigenvalue weighted by Gasteiger charge is 2.44. The first kappa shape index (κ1) is 17.1. The molecule has 2 aromatic rings. The standard InChI is InChI=1S/C19H18FNO4/c20-16-8-6-15(7-9-16)19(10-1-2-11-19)18(22)25-13-14-4-3-5-17(12-14)21(23)24/h3-9,12H,1-2,10-11,13H2. The molecule has 1 fully saturated rings. The van der Waals surface area contributed by atoms with E-state index < -0.39 is 10.3 Å². The first-order valence-electron chi connectivity index (χ1n) is 8.18. The number of hydrogen-bond donors (Lipinski definition) is 0. The summed E-state index contributed by atoms with van der Waals surface area (Å²) in [6.45, 7) is -0.0243. The van der Waals surface area contributed by atoms with E-state index in [1.54, 1.807) is 24.3 Å². The molecule has 0 radical (unpaired) electrons. The maximum Gasteiger partial charge on any atom is 0.316 e. The summed E-state index contributed by atoms with van der Waals surface area (Å²) in [5, 5.41) is 10.8. The van der Waals surface area contributed by atoms with Gasteiger partial charge in [-0.2, -0.15) is 0 Å². The fraction of sp³-hybridized carbons (Fsp3) is 0.316. The Labute approximate surface area is 144 Å². The van der Waals surface area contributed by atoms with E-state index in [2.05, 4.69) is 0 Å². The zero-order valence-corrected chi connectivity index (χ0v) is 13.6. The molecule has 1 aliphatic carbocycles. The van der Waals surface area contributed by atoms with E-state index in [4.69, 9.17) is 4.74 Å². The van der Waals surface area contributed by atoms with E-state index in [-0.39, 0.29) is 24.1 Å². The molecule has 0 aromatic heterocycles. The highest BCUT2D eigenvalue weighted by Crippen LogP contribution is 2.42. The minimum Gasteiger partial charge on any atom is -0.460 e. The fourth-order valence-corrected chi connectivity index (χ4v) is 3.40. The minimum atomic E-state index is -0.756. The Morgan fingerprint density at radius 3 is 2.48 bits per heavy atom. The quantitative estimate of drug-likeness (QED) is 0.461. The molecule has 25 heavy (non-hydrogen) atoms. The van der Waals surface area contributed by atoms with Gasteiger partial charge in [-0.1, -0.05) is 37.1 Å². The molecule has 0 saturated heterocycles. The number of ether oxygens (including phenoxy) is 1. The molecule has 0 spiro atoms. The molecule has 130 valence electrons. The lowest BCUT2D eigenvalue weighted by Gasteiger charge is -2.27. The van der Waals surface area contributed by atoms with Crippen molar-refractivity contribution < 1.29 is 18.8 Å². The van der Waals surface area contributed by atoms with Gasteiger partial charge in [0.15, 0.2) is 0 Å². The number of nitro groups is 1. The average molecular weight is 343 g/mol. The van der Waals surface area contributed by atoms with Gasteiger partial charge in [0.1, 0.15) is 12.4 Å². The smallest absolute Gasteiger partial charge is 0.316 e. The van der Waals surface area contributed by atoms with Crippen LogP contribution >= 0.6 is 0 Å². The molecule has 6 heteroatoms. The van der Waals surface area contributed by atoms with Crippen molar-refractivity contribution in [3.05, 3.63) is 75.6 Å². The Morgan fingerprint density at radius 1 is 1.16 bits per heavy atom. The summed E-state index contributed by atoms with van der Waals surface area (Å²) in [6.07, 6.45) is 3.13. The topological polar surface area (TPSA) is 69.4 Å². The summed E-state index contributed by atoms with van der Waals surface area (Å²) < 4.78 is 18.7. The number of halogens is 1. The van der Waals surface area contributed by atoms with Crippen LogP contribution in [0.25, 0.3) is 0 Å². The number of benzene rings is 2. The summed E-state index contributed by atoms with van der Waals surface area (Å²) in [7, 11) is 0. The molecule has 1 aliphatic rings. The largest absolute Gasteiger partial charge is 0.460 e. The molecule has 0 N–H and O–H groups in total. The Balaban J connectivity index is 1.77. The highest BCUT2D eigenvalue weighted by atomic mass is 19.1. The van der Waals surface area contributed by atoms with Gasteiger partial charge in [-0.3, -0.25) is 14.9 Å². The van der Waals surface area contributed by atoms with E-state index in [1.165, 1.54) is 24.3 Å². The van der Waals surface area contributed by atoms with Crippen LogP contribution in [0.5, 0.6) is 0 Å². The lowest BCUT2D eigenvalue weighted by atomic mass is 9.79. The van der Waals surface area contributed by atoms with Crippen LogP contribution in [0, 0.1) is 15.9 Å². The molecule has 3 rings (SSSR count). The zero-order chi connectivity index (χ0) is 17.9. The third kappa shape index (κ3) is 3.52. The number of non-ortho nitro benzene ring substituents is 1. The first-order valence-corrected chi connectivity index (χ1v) is 8.18. The van der Waals surface area contributed by atoms with E-state index in [9.17, 15) is 19.3 Å². The lowest BCUT2D eigenvalue weighted by molar-refractivity contribution is -0.384. The normalized spacial score (nSPS) is 15.7. The average Bonchev–Trinajstić information content (AvgIpc) is 3.11. The summed E-state index contributed by atoms with van der Waals surface area (Å²) in [5.41, 5.74) is 0.530. The first-order chi connectivity index (χ1) is 12.0. The predicted molar refractivity (Wildman–Crippen MR) is 89.4 cm³/mol. The molecule has 5 nitrogen and oxygen atoms in total. The number of nitro benzene ring substituents is 1. The van der Waals surface area contributed by atoms with Crippen LogP contribution in [0.15, 0.2) is 48.5 Å². The molecule has 0 atom stereocenters. The minimum absolute atomic E-state index is 0.0243. The van der Waals surface area contributed by atoms with Crippen LogP contribution in [0.3, 0.4) is 0 Å². The maximum atomic E-state index is 13.2. The highest BCUT2D eigenvalue weighted by molar-refractivity contribution is 5.83. The van der Waals surface area contributed by atoms with Crippen LogP contribution < -0.4 is 0 Å². The van der Waals surface area contributed by atoms with Crippen molar-refractivity contribution in [1.82, 2.24) is 0 Å². The van der Waals surface area contributed by atoms with Crippen molar-refractivity contribution in [2.75, 3.05) is 0 Å².